The molecule has 2 atom stereocenters. The van der Waals surface area contributed by atoms with E-state index in [1.165, 1.54) is 10.9 Å². The summed E-state index contributed by atoms with van der Waals surface area (Å²) in [5.41, 5.74) is 4.54. The lowest BCUT2D eigenvalue weighted by Crippen LogP contribution is -2.50. The molecular formula is C25H29ClN4O2. The maximum absolute atomic E-state index is 13.1. The summed E-state index contributed by atoms with van der Waals surface area (Å²) in [5.74, 6) is 0.0573. The first kappa shape index (κ1) is 21.5. The molecule has 168 valence electrons. The number of benzene rings is 2. The Morgan fingerprint density at radius 2 is 1.91 bits per heavy atom. The first-order chi connectivity index (χ1) is 15.7. The van der Waals surface area contributed by atoms with E-state index >= 15 is 0 Å². The van der Waals surface area contributed by atoms with Crippen LogP contribution in [0.15, 0.2) is 48.5 Å². The summed E-state index contributed by atoms with van der Waals surface area (Å²) in [6, 6.07) is 15.8. The zero-order chi connectivity index (χ0) is 21.9. The van der Waals surface area contributed by atoms with E-state index in [1.807, 2.05) is 30.3 Å². The van der Waals surface area contributed by atoms with Crippen LogP contribution in [-0.4, -0.2) is 61.2 Å². The number of nitrogens with zero attached hydrogens (tertiary/aromatic N) is 1. The number of para-hydroxylation sites is 1. The number of morpholine rings is 1. The van der Waals surface area contributed by atoms with Gasteiger partial charge in [0.1, 0.15) is 0 Å². The van der Waals surface area contributed by atoms with E-state index in [4.69, 9.17) is 16.3 Å². The fraction of sp³-hybridized carbons (Fsp3) is 0.400. The summed E-state index contributed by atoms with van der Waals surface area (Å²) in [7, 11) is 0. The summed E-state index contributed by atoms with van der Waals surface area (Å²) in [6.45, 7) is 5.23. The topological polar surface area (TPSA) is 69.4 Å². The van der Waals surface area contributed by atoms with Gasteiger partial charge in [-0.05, 0) is 48.7 Å². The molecule has 0 spiro atoms. The highest BCUT2D eigenvalue weighted by atomic mass is 35.5. The van der Waals surface area contributed by atoms with Crippen LogP contribution in [0.1, 0.15) is 29.3 Å². The molecule has 0 aliphatic carbocycles. The highest BCUT2D eigenvalue weighted by Gasteiger charge is 2.33. The van der Waals surface area contributed by atoms with Gasteiger partial charge in [-0.3, -0.25) is 15.0 Å². The van der Waals surface area contributed by atoms with Gasteiger partial charge >= 0.3 is 0 Å². The number of halogens is 1. The van der Waals surface area contributed by atoms with Gasteiger partial charge in [-0.2, -0.15) is 0 Å². The molecule has 2 aromatic carbocycles. The summed E-state index contributed by atoms with van der Waals surface area (Å²) >= 11 is 6.12. The lowest BCUT2D eigenvalue weighted by Gasteiger charge is -2.31. The van der Waals surface area contributed by atoms with Crippen molar-refractivity contribution in [3.8, 4) is 0 Å². The molecular weight excluding hydrogens is 424 g/mol. The van der Waals surface area contributed by atoms with Crippen molar-refractivity contribution in [1.82, 2.24) is 20.5 Å². The number of H-pyrrole nitrogens is 1. The highest BCUT2D eigenvalue weighted by Crippen LogP contribution is 2.35. The average molecular weight is 453 g/mol. The number of rotatable bonds is 6. The number of carbonyl (C=O) groups is 1. The van der Waals surface area contributed by atoms with Gasteiger partial charge in [0.05, 0.1) is 25.3 Å². The molecule has 2 unspecified atom stereocenters. The predicted octanol–water partition coefficient (Wildman–Crippen LogP) is 3.26. The fourth-order valence-electron chi connectivity index (χ4n) is 4.78. The number of aromatic nitrogens is 1. The molecule has 2 aliphatic rings. The second kappa shape index (κ2) is 9.63. The standard InChI is InChI=1S/C25H29ClN4O2/c26-18-8-6-17(7-9-18)23-24-20(19-4-1-2-5-21(19)28-24)16-22(29-23)25(31)27-10-3-11-30-12-14-32-15-13-30/h1-2,4-9,22-23,28-29H,3,10-16H2,(H,27,31). The predicted molar refractivity (Wildman–Crippen MR) is 127 cm³/mol. The van der Waals surface area contributed by atoms with Crippen LogP contribution in [0.4, 0.5) is 0 Å². The Labute approximate surface area is 193 Å². The van der Waals surface area contributed by atoms with E-state index in [1.54, 1.807) is 0 Å². The van der Waals surface area contributed by atoms with Crippen LogP contribution in [0.5, 0.6) is 0 Å². The van der Waals surface area contributed by atoms with Crippen molar-refractivity contribution in [2.75, 3.05) is 39.4 Å². The average Bonchev–Trinajstić information content (AvgIpc) is 3.21. The first-order valence-corrected chi connectivity index (χ1v) is 11.8. The van der Waals surface area contributed by atoms with Crippen LogP contribution in [0.25, 0.3) is 10.9 Å². The van der Waals surface area contributed by atoms with Crippen LogP contribution in [0.2, 0.25) is 5.02 Å². The fourth-order valence-corrected chi connectivity index (χ4v) is 4.91. The van der Waals surface area contributed by atoms with Crippen molar-refractivity contribution in [3.63, 3.8) is 0 Å². The molecule has 3 aromatic rings. The van der Waals surface area contributed by atoms with Crippen molar-refractivity contribution in [1.29, 1.82) is 0 Å². The molecule has 1 fully saturated rings. The van der Waals surface area contributed by atoms with Crippen molar-refractivity contribution in [2.45, 2.75) is 24.9 Å². The molecule has 1 aromatic heterocycles. The number of aromatic amines is 1. The third-order valence-electron chi connectivity index (χ3n) is 6.49. The van der Waals surface area contributed by atoms with E-state index in [-0.39, 0.29) is 18.0 Å². The lowest BCUT2D eigenvalue weighted by atomic mass is 9.90. The molecule has 5 rings (SSSR count). The molecule has 1 saturated heterocycles. The molecule has 6 nitrogen and oxygen atoms in total. The first-order valence-electron chi connectivity index (χ1n) is 11.4. The molecule has 3 N–H and O–H groups in total. The smallest absolute Gasteiger partial charge is 0.237 e. The third-order valence-corrected chi connectivity index (χ3v) is 6.74. The van der Waals surface area contributed by atoms with Crippen molar-refractivity contribution in [3.05, 3.63) is 70.4 Å². The van der Waals surface area contributed by atoms with E-state index in [0.717, 1.165) is 56.0 Å². The molecule has 0 bridgehead atoms. The van der Waals surface area contributed by atoms with Gasteiger partial charge in [-0.25, -0.2) is 0 Å². The molecule has 3 heterocycles. The van der Waals surface area contributed by atoms with Gasteiger partial charge in [0.15, 0.2) is 0 Å². The third kappa shape index (κ3) is 4.55. The van der Waals surface area contributed by atoms with Gasteiger partial charge in [-0.1, -0.05) is 41.9 Å². The van der Waals surface area contributed by atoms with Crippen LogP contribution in [0, 0.1) is 0 Å². The Bertz CT molecular complexity index is 1080. The number of amides is 1. The van der Waals surface area contributed by atoms with Gasteiger partial charge in [-0.15, -0.1) is 0 Å². The maximum atomic E-state index is 13.1. The minimum atomic E-state index is -0.286. The van der Waals surface area contributed by atoms with Gasteiger partial charge in [0, 0.05) is 41.3 Å². The zero-order valence-electron chi connectivity index (χ0n) is 18.1. The van der Waals surface area contributed by atoms with Gasteiger partial charge < -0.3 is 15.0 Å². The Hall–Kier alpha value is -2.38. The van der Waals surface area contributed by atoms with Crippen LogP contribution < -0.4 is 10.6 Å². The van der Waals surface area contributed by atoms with E-state index in [0.29, 0.717) is 18.0 Å². The van der Waals surface area contributed by atoms with Crippen molar-refractivity contribution in [2.24, 2.45) is 0 Å². The summed E-state index contributed by atoms with van der Waals surface area (Å²) in [4.78, 5) is 19.1. The largest absolute Gasteiger partial charge is 0.379 e. The molecule has 2 aliphatic heterocycles. The van der Waals surface area contributed by atoms with E-state index in [2.05, 4.69) is 38.7 Å². The normalized spacial score (nSPS) is 21.4. The zero-order valence-corrected chi connectivity index (χ0v) is 18.8. The molecule has 7 heteroatoms. The van der Waals surface area contributed by atoms with Crippen LogP contribution in [-0.2, 0) is 16.0 Å². The maximum Gasteiger partial charge on any atom is 0.237 e. The van der Waals surface area contributed by atoms with E-state index < -0.39 is 0 Å². The second-order valence-corrected chi connectivity index (χ2v) is 9.01. The molecule has 32 heavy (non-hydrogen) atoms. The monoisotopic (exact) mass is 452 g/mol. The number of carbonyl (C=O) groups excluding carboxylic acids is 1. The summed E-state index contributed by atoms with van der Waals surface area (Å²) in [5, 5.41) is 8.63. The number of nitrogens with one attached hydrogen (secondary N) is 3. The van der Waals surface area contributed by atoms with Gasteiger partial charge in [0.2, 0.25) is 5.91 Å². The lowest BCUT2D eigenvalue weighted by molar-refractivity contribution is -0.123. The molecule has 0 saturated carbocycles. The van der Waals surface area contributed by atoms with Gasteiger partial charge in [0.25, 0.3) is 0 Å². The quantitative estimate of drug-likeness (QED) is 0.502. The minimum absolute atomic E-state index is 0.0573. The van der Waals surface area contributed by atoms with Crippen LogP contribution in [0.3, 0.4) is 0 Å². The Morgan fingerprint density at radius 3 is 2.72 bits per heavy atom. The van der Waals surface area contributed by atoms with Crippen LogP contribution >= 0.6 is 11.6 Å². The molecule has 1 amide bonds. The highest BCUT2D eigenvalue weighted by molar-refractivity contribution is 6.30. The van der Waals surface area contributed by atoms with E-state index in [9.17, 15) is 4.79 Å². The Morgan fingerprint density at radius 1 is 1.12 bits per heavy atom. The second-order valence-electron chi connectivity index (χ2n) is 8.57. The Balaban J connectivity index is 1.31. The summed E-state index contributed by atoms with van der Waals surface area (Å²) < 4.78 is 5.40. The SMILES string of the molecule is O=C(NCCCN1CCOCC1)C1Cc2c([nH]c3ccccc23)C(c2ccc(Cl)cc2)N1. The minimum Gasteiger partial charge on any atom is -0.379 e. The molecule has 0 radical (unpaired) electrons. The number of ether oxygens (including phenoxy) is 1. The number of hydrogen-bond acceptors (Lipinski definition) is 4. The summed E-state index contributed by atoms with van der Waals surface area (Å²) in [6.07, 6.45) is 1.61. The Kier molecular flexibility index (Phi) is 6.46. The van der Waals surface area contributed by atoms with Crippen molar-refractivity contribution < 1.29 is 9.53 Å². The number of fused-ring (bicyclic) bond motifs is 3. The number of hydrogen-bond donors (Lipinski definition) is 3. The van der Waals surface area contributed by atoms with Crippen molar-refractivity contribution >= 4 is 28.4 Å².